The first-order chi connectivity index (χ1) is 13.5. The summed E-state index contributed by atoms with van der Waals surface area (Å²) in [6.45, 7) is 4.11. The third-order valence-electron chi connectivity index (χ3n) is 5.15. The fourth-order valence-electron chi connectivity index (χ4n) is 3.74. The van der Waals surface area contributed by atoms with Gasteiger partial charge in [0, 0.05) is 25.6 Å². The van der Waals surface area contributed by atoms with Crippen molar-refractivity contribution in [3.63, 3.8) is 0 Å². The first-order valence-corrected chi connectivity index (χ1v) is 9.66. The quantitative estimate of drug-likeness (QED) is 0.730. The maximum absolute atomic E-state index is 14.0. The van der Waals surface area contributed by atoms with Gasteiger partial charge < -0.3 is 10.1 Å². The molecule has 7 heteroatoms. The molecule has 1 fully saturated rings. The van der Waals surface area contributed by atoms with Crippen LogP contribution in [0.1, 0.15) is 17.5 Å². The van der Waals surface area contributed by atoms with Crippen LogP contribution in [0.25, 0.3) is 10.9 Å². The largest absolute Gasteiger partial charge is 0.372 e. The first-order valence-electron chi connectivity index (χ1n) is 9.28. The van der Waals surface area contributed by atoms with Crippen LogP contribution < -0.4 is 10.9 Å². The summed E-state index contributed by atoms with van der Waals surface area (Å²) >= 11 is 5.83. The van der Waals surface area contributed by atoms with Crippen LogP contribution in [0.3, 0.4) is 0 Å². The molecule has 2 atom stereocenters. The van der Waals surface area contributed by atoms with Crippen LogP contribution in [0.4, 0.5) is 4.39 Å². The van der Waals surface area contributed by atoms with E-state index in [1.54, 1.807) is 22.8 Å². The lowest BCUT2D eigenvalue weighted by Gasteiger charge is -2.26. The summed E-state index contributed by atoms with van der Waals surface area (Å²) in [6.07, 6.45) is -0.348. The predicted molar refractivity (Wildman–Crippen MR) is 107 cm³/mol. The van der Waals surface area contributed by atoms with Gasteiger partial charge >= 0.3 is 0 Å². The number of aromatic nitrogens is 2. The summed E-state index contributed by atoms with van der Waals surface area (Å²) in [5, 5.41) is 4.01. The fraction of sp³-hybridized carbons (Fsp3) is 0.333. The normalized spacial score (nSPS) is 20.2. The Hall–Kier alpha value is -2.28. The number of nitrogens with one attached hydrogen (secondary N) is 1. The van der Waals surface area contributed by atoms with Gasteiger partial charge in [0.25, 0.3) is 5.56 Å². The molecule has 2 heterocycles. The second kappa shape index (κ2) is 7.99. The smallest absolute Gasteiger partial charge is 0.261 e. The van der Waals surface area contributed by atoms with Crippen molar-refractivity contribution in [1.29, 1.82) is 0 Å². The molecule has 1 saturated heterocycles. The van der Waals surface area contributed by atoms with Gasteiger partial charge in [0.15, 0.2) is 0 Å². The summed E-state index contributed by atoms with van der Waals surface area (Å²) in [5.41, 5.74) is 1.33. The summed E-state index contributed by atoms with van der Waals surface area (Å²) in [4.78, 5) is 17.6. The van der Waals surface area contributed by atoms with Crippen molar-refractivity contribution >= 4 is 22.5 Å². The molecular weight excluding hydrogens is 381 g/mol. The lowest BCUT2D eigenvalue weighted by atomic mass is 9.95. The number of para-hydroxylation sites is 1. The lowest BCUT2D eigenvalue weighted by Crippen LogP contribution is -2.33. The maximum Gasteiger partial charge on any atom is 0.261 e. The average Bonchev–Trinajstić information content (AvgIpc) is 2.93. The van der Waals surface area contributed by atoms with E-state index in [4.69, 9.17) is 16.3 Å². The standard InChI is InChI=1S/C21H21ClFN3O2/c1-13-25-19-5-3-2-4-16(19)21(27)26(13)12-15-11-24-8-9-28-20(15)14-6-7-17(22)18(23)10-14/h2-7,10,15,20,24H,8-9,11-12H2,1H3/t15-,20-/m0/s1. The molecule has 3 aromatic rings. The Balaban J connectivity index is 1.72. The van der Waals surface area contributed by atoms with Gasteiger partial charge in [-0.2, -0.15) is 0 Å². The zero-order valence-electron chi connectivity index (χ0n) is 15.5. The van der Waals surface area contributed by atoms with Gasteiger partial charge in [-0.15, -0.1) is 0 Å². The SMILES string of the molecule is Cc1nc2ccccc2c(=O)n1C[C@@H]1CNCCO[C@H]1c1ccc(Cl)c(F)c1. The van der Waals surface area contributed by atoms with Crippen molar-refractivity contribution in [2.45, 2.75) is 19.6 Å². The number of hydrogen-bond acceptors (Lipinski definition) is 4. The molecule has 0 unspecified atom stereocenters. The zero-order chi connectivity index (χ0) is 19.7. The average molecular weight is 402 g/mol. The van der Waals surface area contributed by atoms with Gasteiger partial charge in [0.05, 0.1) is 28.6 Å². The van der Waals surface area contributed by atoms with E-state index in [-0.39, 0.29) is 22.6 Å². The third kappa shape index (κ3) is 3.68. The molecule has 28 heavy (non-hydrogen) atoms. The molecule has 0 spiro atoms. The summed E-state index contributed by atoms with van der Waals surface area (Å²) in [7, 11) is 0. The molecule has 0 bridgehead atoms. The molecule has 1 aromatic heterocycles. The van der Waals surface area contributed by atoms with Crippen LogP contribution in [0, 0.1) is 18.7 Å². The Labute approximate surface area is 167 Å². The third-order valence-corrected chi connectivity index (χ3v) is 5.46. The second-order valence-corrected chi connectivity index (χ2v) is 7.43. The van der Waals surface area contributed by atoms with E-state index in [0.717, 1.165) is 5.56 Å². The van der Waals surface area contributed by atoms with Crippen LogP contribution in [-0.4, -0.2) is 29.2 Å². The summed E-state index contributed by atoms with van der Waals surface area (Å²) in [6, 6.07) is 12.1. The maximum atomic E-state index is 14.0. The van der Waals surface area contributed by atoms with Crippen LogP contribution >= 0.6 is 11.6 Å². The molecular formula is C21H21ClFN3O2. The predicted octanol–water partition coefficient (Wildman–Crippen LogP) is 3.47. The lowest BCUT2D eigenvalue weighted by molar-refractivity contribution is 0.0246. The molecule has 1 aliphatic rings. The van der Waals surface area contributed by atoms with Crippen molar-refractivity contribution in [3.05, 3.63) is 75.0 Å². The van der Waals surface area contributed by atoms with E-state index in [0.29, 0.717) is 43.0 Å². The number of halogens is 2. The molecule has 2 aromatic carbocycles. The highest BCUT2D eigenvalue weighted by atomic mass is 35.5. The van der Waals surface area contributed by atoms with Crippen molar-refractivity contribution in [3.8, 4) is 0 Å². The number of fused-ring (bicyclic) bond motifs is 1. The molecule has 0 radical (unpaired) electrons. The highest BCUT2D eigenvalue weighted by Gasteiger charge is 2.28. The Morgan fingerprint density at radius 1 is 1.32 bits per heavy atom. The van der Waals surface area contributed by atoms with Crippen molar-refractivity contribution < 1.29 is 9.13 Å². The van der Waals surface area contributed by atoms with Crippen LogP contribution in [-0.2, 0) is 11.3 Å². The van der Waals surface area contributed by atoms with Gasteiger partial charge in [-0.25, -0.2) is 9.37 Å². The van der Waals surface area contributed by atoms with Gasteiger partial charge in [-0.05, 0) is 36.8 Å². The van der Waals surface area contributed by atoms with Crippen molar-refractivity contribution in [2.75, 3.05) is 19.7 Å². The van der Waals surface area contributed by atoms with Crippen LogP contribution in [0.5, 0.6) is 0 Å². The Morgan fingerprint density at radius 2 is 2.14 bits per heavy atom. The summed E-state index contributed by atoms with van der Waals surface area (Å²) < 4.78 is 21.7. The molecule has 1 N–H and O–H groups in total. The topological polar surface area (TPSA) is 56.2 Å². The van der Waals surface area contributed by atoms with Crippen LogP contribution in [0.15, 0.2) is 47.3 Å². The molecule has 0 aliphatic carbocycles. The number of ether oxygens (including phenoxy) is 1. The molecule has 0 saturated carbocycles. The molecule has 4 rings (SSSR count). The highest BCUT2D eigenvalue weighted by molar-refractivity contribution is 6.30. The number of rotatable bonds is 3. The van der Waals surface area contributed by atoms with E-state index in [1.807, 2.05) is 25.1 Å². The number of benzene rings is 2. The first kappa shape index (κ1) is 19.1. The Morgan fingerprint density at radius 3 is 2.96 bits per heavy atom. The van der Waals surface area contributed by atoms with Gasteiger partial charge in [-0.1, -0.05) is 29.8 Å². The zero-order valence-corrected chi connectivity index (χ0v) is 16.2. The van der Waals surface area contributed by atoms with Crippen LogP contribution in [0.2, 0.25) is 5.02 Å². The molecule has 0 amide bonds. The molecule has 146 valence electrons. The van der Waals surface area contributed by atoms with E-state index < -0.39 is 5.82 Å². The van der Waals surface area contributed by atoms with Gasteiger partial charge in [-0.3, -0.25) is 9.36 Å². The Kier molecular flexibility index (Phi) is 5.44. The number of aryl methyl sites for hydroxylation is 1. The summed E-state index contributed by atoms with van der Waals surface area (Å²) in [5.74, 6) is 0.107. The molecule has 1 aliphatic heterocycles. The fourth-order valence-corrected chi connectivity index (χ4v) is 3.85. The number of hydrogen-bond donors (Lipinski definition) is 1. The van der Waals surface area contributed by atoms with Crippen molar-refractivity contribution in [1.82, 2.24) is 14.9 Å². The van der Waals surface area contributed by atoms with E-state index in [2.05, 4.69) is 10.3 Å². The minimum absolute atomic E-state index is 0.0672. The van der Waals surface area contributed by atoms with Crippen molar-refractivity contribution in [2.24, 2.45) is 5.92 Å². The highest BCUT2D eigenvalue weighted by Crippen LogP contribution is 2.30. The van der Waals surface area contributed by atoms with E-state index in [1.165, 1.54) is 6.07 Å². The Bertz CT molecular complexity index is 1070. The van der Waals surface area contributed by atoms with Gasteiger partial charge in [0.1, 0.15) is 11.6 Å². The van der Waals surface area contributed by atoms with E-state index >= 15 is 0 Å². The number of nitrogens with zero attached hydrogens (tertiary/aromatic N) is 2. The monoisotopic (exact) mass is 401 g/mol. The molecule has 5 nitrogen and oxygen atoms in total. The minimum atomic E-state index is -0.473. The van der Waals surface area contributed by atoms with E-state index in [9.17, 15) is 9.18 Å². The second-order valence-electron chi connectivity index (χ2n) is 7.02. The van der Waals surface area contributed by atoms with Gasteiger partial charge in [0.2, 0.25) is 0 Å². The minimum Gasteiger partial charge on any atom is -0.372 e.